The first-order valence-electron chi connectivity index (χ1n) is 7.80. The average molecular weight is 402 g/mol. The molecule has 2 aromatic rings. The smallest absolute Gasteiger partial charge is 0.254 e. The number of sulfonamides is 1. The summed E-state index contributed by atoms with van der Waals surface area (Å²) < 4.78 is 32.9. The molecule has 26 heavy (non-hydrogen) atoms. The quantitative estimate of drug-likeness (QED) is 0.686. The first kappa shape index (κ1) is 22.2. The molecule has 0 fully saturated rings. The fourth-order valence-corrected chi connectivity index (χ4v) is 3.91. The van der Waals surface area contributed by atoms with E-state index in [0.717, 1.165) is 0 Å². The van der Waals surface area contributed by atoms with Gasteiger partial charge in [-0.15, -0.1) is 12.4 Å². The lowest BCUT2D eigenvalue weighted by atomic mass is 10.1. The van der Waals surface area contributed by atoms with Gasteiger partial charge in [0, 0.05) is 12.1 Å². The highest BCUT2D eigenvalue weighted by molar-refractivity contribution is 7.89. The van der Waals surface area contributed by atoms with Gasteiger partial charge in [-0.2, -0.15) is 0 Å². The van der Waals surface area contributed by atoms with Crippen LogP contribution in [0.15, 0.2) is 45.9 Å². The van der Waals surface area contributed by atoms with Crippen molar-refractivity contribution in [1.29, 1.82) is 0 Å². The Bertz CT molecular complexity index is 857. The molecule has 0 aliphatic rings. The summed E-state index contributed by atoms with van der Waals surface area (Å²) in [6, 6.07) is 8.10. The van der Waals surface area contributed by atoms with Gasteiger partial charge in [0.25, 0.3) is 5.91 Å². The average Bonchev–Trinajstić information content (AvgIpc) is 2.99. The second kappa shape index (κ2) is 8.68. The zero-order valence-corrected chi connectivity index (χ0v) is 16.5. The van der Waals surface area contributed by atoms with Crippen LogP contribution in [0.2, 0.25) is 0 Å². The molecule has 0 atom stereocenters. The molecule has 0 aliphatic carbocycles. The van der Waals surface area contributed by atoms with Crippen LogP contribution in [0.3, 0.4) is 0 Å². The number of carbonyl (C=O) groups is 1. The molecular weight excluding hydrogens is 378 g/mol. The largest absolute Gasteiger partial charge is 0.467 e. The van der Waals surface area contributed by atoms with Gasteiger partial charge in [-0.05, 0) is 38.5 Å². The molecule has 1 aromatic carbocycles. The Hall–Kier alpha value is -1.87. The fourth-order valence-electron chi connectivity index (χ4n) is 2.25. The summed E-state index contributed by atoms with van der Waals surface area (Å²) in [5, 5.41) is 2.70. The first-order valence-corrected chi connectivity index (χ1v) is 9.28. The molecule has 0 aliphatic heterocycles. The van der Waals surface area contributed by atoms with Crippen LogP contribution in [0.4, 0.5) is 0 Å². The standard InChI is InChI=1S/C17H23N3O4S.ClH/c1-17(2,3)20-25(22,23)15-7-5-4-6-12(15)10-19-16(21)13-8-14(9-18)24-11-13;/h4-8,11,20H,9-10,18H2,1-3H3,(H,19,21);1H. The summed E-state index contributed by atoms with van der Waals surface area (Å²) in [5.74, 6) is 0.141. The number of benzene rings is 1. The number of nitrogens with one attached hydrogen (secondary N) is 2. The first-order chi connectivity index (χ1) is 11.6. The van der Waals surface area contributed by atoms with Crippen molar-refractivity contribution in [1.82, 2.24) is 10.0 Å². The molecule has 7 nitrogen and oxygen atoms in total. The number of halogens is 1. The third-order valence-electron chi connectivity index (χ3n) is 3.26. The predicted octanol–water partition coefficient (Wildman–Crippen LogP) is 2.17. The third-order valence-corrected chi connectivity index (χ3v) is 5.12. The maximum atomic E-state index is 12.6. The number of hydrogen-bond donors (Lipinski definition) is 3. The summed E-state index contributed by atoms with van der Waals surface area (Å²) in [6.45, 7) is 5.57. The molecule has 9 heteroatoms. The maximum Gasteiger partial charge on any atom is 0.254 e. The summed E-state index contributed by atoms with van der Waals surface area (Å²) >= 11 is 0. The molecule has 0 saturated carbocycles. The van der Waals surface area contributed by atoms with E-state index in [-0.39, 0.29) is 36.3 Å². The lowest BCUT2D eigenvalue weighted by Gasteiger charge is -2.21. The molecule has 2 rings (SSSR count). The molecule has 0 spiro atoms. The highest BCUT2D eigenvalue weighted by Gasteiger charge is 2.24. The second-order valence-corrected chi connectivity index (χ2v) is 8.30. The zero-order chi connectivity index (χ0) is 18.7. The summed E-state index contributed by atoms with van der Waals surface area (Å²) in [6.07, 6.45) is 1.32. The lowest BCUT2D eigenvalue weighted by molar-refractivity contribution is 0.0950. The van der Waals surface area contributed by atoms with Crippen molar-refractivity contribution < 1.29 is 17.6 Å². The van der Waals surface area contributed by atoms with Crippen molar-refractivity contribution in [3.8, 4) is 0 Å². The van der Waals surface area contributed by atoms with Crippen LogP contribution in [-0.2, 0) is 23.1 Å². The van der Waals surface area contributed by atoms with E-state index in [1.165, 1.54) is 12.3 Å². The van der Waals surface area contributed by atoms with Gasteiger partial charge >= 0.3 is 0 Å². The molecule has 0 unspecified atom stereocenters. The second-order valence-electron chi connectivity index (χ2n) is 6.65. The van der Waals surface area contributed by atoms with Crippen molar-refractivity contribution in [2.45, 2.75) is 44.3 Å². The molecule has 1 amide bonds. The summed E-state index contributed by atoms with van der Waals surface area (Å²) in [7, 11) is -3.70. The minimum atomic E-state index is -3.70. The number of furan rings is 1. The van der Waals surface area contributed by atoms with Crippen LogP contribution >= 0.6 is 12.4 Å². The van der Waals surface area contributed by atoms with Gasteiger partial charge in [0.1, 0.15) is 12.0 Å². The zero-order valence-electron chi connectivity index (χ0n) is 14.9. The molecule has 1 aromatic heterocycles. The van der Waals surface area contributed by atoms with Crippen LogP contribution in [-0.4, -0.2) is 19.9 Å². The van der Waals surface area contributed by atoms with Crippen molar-refractivity contribution in [2.24, 2.45) is 5.73 Å². The van der Waals surface area contributed by atoms with E-state index in [1.54, 1.807) is 45.0 Å². The lowest BCUT2D eigenvalue weighted by Crippen LogP contribution is -2.41. The topological polar surface area (TPSA) is 114 Å². The van der Waals surface area contributed by atoms with Gasteiger partial charge in [-0.3, -0.25) is 4.79 Å². The van der Waals surface area contributed by atoms with Gasteiger partial charge in [-0.1, -0.05) is 18.2 Å². The molecular formula is C17H24ClN3O4S. The molecule has 1 heterocycles. The minimum absolute atomic E-state index is 0. The SMILES string of the molecule is CC(C)(C)NS(=O)(=O)c1ccccc1CNC(=O)c1coc(CN)c1.Cl. The van der Waals surface area contributed by atoms with Crippen LogP contribution < -0.4 is 15.8 Å². The Morgan fingerprint density at radius 2 is 1.88 bits per heavy atom. The number of rotatable bonds is 6. The Morgan fingerprint density at radius 1 is 1.23 bits per heavy atom. The monoisotopic (exact) mass is 401 g/mol. The van der Waals surface area contributed by atoms with E-state index >= 15 is 0 Å². The van der Waals surface area contributed by atoms with E-state index in [9.17, 15) is 13.2 Å². The molecule has 0 saturated heterocycles. The van der Waals surface area contributed by atoms with Crippen molar-refractivity contribution in [3.05, 3.63) is 53.5 Å². The van der Waals surface area contributed by atoms with Gasteiger partial charge < -0.3 is 15.5 Å². The molecule has 0 bridgehead atoms. The van der Waals surface area contributed by atoms with Crippen LogP contribution in [0, 0.1) is 0 Å². The van der Waals surface area contributed by atoms with Crippen LogP contribution in [0.5, 0.6) is 0 Å². The van der Waals surface area contributed by atoms with E-state index in [0.29, 0.717) is 16.9 Å². The molecule has 144 valence electrons. The van der Waals surface area contributed by atoms with Crippen LogP contribution in [0.25, 0.3) is 0 Å². The Morgan fingerprint density at radius 3 is 2.46 bits per heavy atom. The van der Waals surface area contributed by atoms with Crippen molar-refractivity contribution in [3.63, 3.8) is 0 Å². The molecule has 4 N–H and O–H groups in total. The highest BCUT2D eigenvalue weighted by Crippen LogP contribution is 2.18. The fraction of sp³-hybridized carbons (Fsp3) is 0.353. The Kier molecular flexibility index (Phi) is 7.40. The van der Waals surface area contributed by atoms with E-state index in [4.69, 9.17) is 10.2 Å². The van der Waals surface area contributed by atoms with E-state index < -0.39 is 15.6 Å². The van der Waals surface area contributed by atoms with Gasteiger partial charge in [0.2, 0.25) is 10.0 Å². The Labute approximate surface area is 159 Å². The number of carbonyl (C=O) groups excluding carboxylic acids is 1. The minimum Gasteiger partial charge on any atom is -0.467 e. The van der Waals surface area contributed by atoms with Crippen molar-refractivity contribution >= 4 is 28.3 Å². The van der Waals surface area contributed by atoms with E-state index in [2.05, 4.69) is 10.0 Å². The van der Waals surface area contributed by atoms with Crippen LogP contribution in [0.1, 0.15) is 42.5 Å². The third kappa shape index (κ3) is 5.84. The predicted molar refractivity (Wildman–Crippen MR) is 102 cm³/mol. The summed E-state index contributed by atoms with van der Waals surface area (Å²) in [4.78, 5) is 12.3. The normalized spacial score (nSPS) is 11.7. The van der Waals surface area contributed by atoms with Crippen molar-refractivity contribution in [2.75, 3.05) is 0 Å². The van der Waals surface area contributed by atoms with Gasteiger partial charge in [0.15, 0.2) is 0 Å². The van der Waals surface area contributed by atoms with E-state index in [1.807, 2.05) is 0 Å². The number of amides is 1. The summed E-state index contributed by atoms with van der Waals surface area (Å²) in [5.41, 5.74) is 5.68. The van der Waals surface area contributed by atoms with Gasteiger partial charge in [-0.25, -0.2) is 13.1 Å². The van der Waals surface area contributed by atoms with Gasteiger partial charge in [0.05, 0.1) is 17.0 Å². The number of hydrogen-bond acceptors (Lipinski definition) is 5. The Balaban J connectivity index is 0.00000338. The number of nitrogens with two attached hydrogens (primary N) is 1. The maximum absolute atomic E-state index is 12.6. The molecule has 0 radical (unpaired) electrons. The highest BCUT2D eigenvalue weighted by atomic mass is 35.5.